The molecule has 0 aliphatic heterocycles. The number of nitrogens with zero attached hydrogens (tertiary/aromatic N) is 1. The second-order valence-corrected chi connectivity index (χ2v) is 6.48. The van der Waals surface area contributed by atoms with E-state index in [0.29, 0.717) is 0 Å². The lowest BCUT2D eigenvalue weighted by molar-refractivity contribution is -0.122. The number of carbonyl (C=O) groups excluding carboxylic acids is 1. The molecule has 3 rings (SSSR count). The first-order valence-corrected chi connectivity index (χ1v) is 8.51. The number of thiazole rings is 1. The maximum absolute atomic E-state index is 12.0. The Bertz CT molecular complexity index is 929. The summed E-state index contributed by atoms with van der Waals surface area (Å²) >= 11 is 1.07. The summed E-state index contributed by atoms with van der Waals surface area (Å²) in [4.78, 5) is 23.4. The summed E-state index contributed by atoms with van der Waals surface area (Å²) in [5.74, 6) is -0.293. The number of hydrogen-bond acceptors (Lipinski definition) is 4. The number of fused-ring (bicyclic) bond motifs is 1. The highest BCUT2D eigenvalue weighted by atomic mass is 32.1. The Kier molecular flexibility index (Phi) is 4.78. The van der Waals surface area contributed by atoms with Crippen LogP contribution < -0.4 is 10.2 Å². The number of aromatic nitrogens is 1. The van der Waals surface area contributed by atoms with Crippen LogP contribution >= 0.6 is 11.3 Å². The number of aliphatic hydroxyl groups is 1. The number of benzene rings is 2. The molecule has 1 unspecified atom stereocenters. The Morgan fingerprint density at radius 3 is 2.71 bits per heavy atom. The number of hydrogen-bond donors (Lipinski definition) is 2. The summed E-state index contributed by atoms with van der Waals surface area (Å²) < 4.78 is 1.42. The zero-order valence-electron chi connectivity index (χ0n) is 13.2. The molecule has 0 bridgehead atoms. The average Bonchev–Trinajstić information content (AvgIpc) is 2.91. The Balaban J connectivity index is 1.62. The molecule has 1 atom stereocenters. The summed E-state index contributed by atoms with van der Waals surface area (Å²) in [6, 6.07) is 13.6. The first kappa shape index (κ1) is 16.4. The van der Waals surface area contributed by atoms with Gasteiger partial charge in [0.25, 0.3) is 0 Å². The van der Waals surface area contributed by atoms with Gasteiger partial charge in [-0.1, -0.05) is 47.7 Å². The molecule has 0 aliphatic carbocycles. The van der Waals surface area contributed by atoms with Gasteiger partial charge in [0, 0.05) is 17.6 Å². The van der Waals surface area contributed by atoms with Crippen molar-refractivity contribution in [2.45, 2.75) is 19.6 Å². The van der Waals surface area contributed by atoms with Crippen molar-refractivity contribution >= 4 is 28.0 Å². The van der Waals surface area contributed by atoms with Gasteiger partial charge in [0.05, 0.1) is 6.10 Å². The maximum atomic E-state index is 12.0. The van der Waals surface area contributed by atoms with Crippen LogP contribution in [-0.4, -0.2) is 22.1 Å². The standard InChI is InChI=1S/C18H18N2O3S/c1-12-11-24-18(23)20(12)10-17(22)19-9-16(21)15-7-6-13-4-2-3-5-14(13)8-15/h2-8,11,16,21H,9-10H2,1H3,(H,19,22). The van der Waals surface area contributed by atoms with Crippen molar-refractivity contribution in [1.82, 2.24) is 9.88 Å². The quantitative estimate of drug-likeness (QED) is 0.747. The molecule has 2 N–H and O–H groups in total. The zero-order valence-corrected chi connectivity index (χ0v) is 14.0. The van der Waals surface area contributed by atoms with Crippen molar-refractivity contribution in [3.63, 3.8) is 0 Å². The van der Waals surface area contributed by atoms with Gasteiger partial charge >= 0.3 is 4.87 Å². The molecule has 3 aromatic rings. The molecule has 0 fully saturated rings. The van der Waals surface area contributed by atoms with Gasteiger partial charge in [-0.3, -0.25) is 14.2 Å². The SMILES string of the molecule is Cc1csc(=O)n1CC(=O)NCC(O)c1ccc2ccccc2c1. The van der Waals surface area contributed by atoms with E-state index in [9.17, 15) is 14.7 Å². The lowest BCUT2D eigenvalue weighted by Crippen LogP contribution is -2.33. The molecule has 1 amide bonds. The van der Waals surface area contributed by atoms with Crippen LogP contribution in [0.5, 0.6) is 0 Å². The van der Waals surface area contributed by atoms with Crippen LogP contribution in [0.1, 0.15) is 17.4 Å². The van der Waals surface area contributed by atoms with E-state index in [0.717, 1.165) is 33.4 Å². The Hall–Kier alpha value is -2.44. The van der Waals surface area contributed by atoms with Gasteiger partial charge in [-0.2, -0.15) is 0 Å². The summed E-state index contributed by atoms with van der Waals surface area (Å²) in [7, 11) is 0. The smallest absolute Gasteiger partial charge is 0.307 e. The predicted octanol–water partition coefficient (Wildman–Crippen LogP) is 2.22. The molecule has 0 spiro atoms. The van der Waals surface area contributed by atoms with Crippen molar-refractivity contribution in [3.8, 4) is 0 Å². The minimum absolute atomic E-state index is 0.0292. The van der Waals surface area contributed by atoms with Gasteiger partial charge in [0.15, 0.2) is 0 Å². The summed E-state index contributed by atoms with van der Waals surface area (Å²) in [6.07, 6.45) is -0.793. The number of carbonyl (C=O) groups is 1. The minimum atomic E-state index is -0.793. The van der Waals surface area contributed by atoms with E-state index in [1.54, 1.807) is 12.3 Å². The molecule has 1 heterocycles. The number of amides is 1. The van der Waals surface area contributed by atoms with E-state index in [1.807, 2.05) is 42.5 Å². The van der Waals surface area contributed by atoms with Gasteiger partial charge in [0.2, 0.25) is 5.91 Å². The van der Waals surface area contributed by atoms with Crippen LogP contribution in [0.25, 0.3) is 10.8 Å². The molecule has 0 radical (unpaired) electrons. The highest BCUT2D eigenvalue weighted by Crippen LogP contribution is 2.20. The molecule has 5 nitrogen and oxygen atoms in total. The molecule has 6 heteroatoms. The summed E-state index contributed by atoms with van der Waals surface area (Å²) in [6.45, 7) is 1.86. The summed E-state index contributed by atoms with van der Waals surface area (Å²) in [5.41, 5.74) is 1.51. The van der Waals surface area contributed by atoms with Crippen molar-refractivity contribution in [3.05, 3.63) is 68.8 Å². The third-order valence-corrected chi connectivity index (χ3v) is 4.81. The van der Waals surface area contributed by atoms with E-state index in [2.05, 4.69) is 5.32 Å². The van der Waals surface area contributed by atoms with Crippen LogP contribution in [-0.2, 0) is 11.3 Å². The summed E-state index contributed by atoms with van der Waals surface area (Å²) in [5, 5.41) is 16.8. The lowest BCUT2D eigenvalue weighted by Gasteiger charge is -2.13. The van der Waals surface area contributed by atoms with Crippen molar-refractivity contribution in [2.24, 2.45) is 0 Å². The Morgan fingerprint density at radius 2 is 2.00 bits per heavy atom. The van der Waals surface area contributed by atoms with Crippen LogP contribution in [0.15, 0.2) is 52.6 Å². The van der Waals surface area contributed by atoms with Gasteiger partial charge in [0.1, 0.15) is 6.54 Å². The molecule has 2 aromatic carbocycles. The first-order valence-electron chi connectivity index (χ1n) is 7.63. The fourth-order valence-electron chi connectivity index (χ4n) is 2.54. The first-order chi connectivity index (χ1) is 11.5. The molecular formula is C18H18N2O3S. The molecular weight excluding hydrogens is 324 g/mol. The second kappa shape index (κ2) is 6.98. The molecule has 0 saturated heterocycles. The zero-order chi connectivity index (χ0) is 17.1. The van der Waals surface area contributed by atoms with E-state index in [1.165, 1.54) is 4.57 Å². The normalized spacial score (nSPS) is 12.2. The van der Waals surface area contributed by atoms with Crippen molar-refractivity contribution in [1.29, 1.82) is 0 Å². The molecule has 0 aliphatic rings. The van der Waals surface area contributed by atoms with E-state index >= 15 is 0 Å². The third-order valence-electron chi connectivity index (χ3n) is 3.93. The number of rotatable bonds is 5. The molecule has 124 valence electrons. The predicted molar refractivity (Wildman–Crippen MR) is 95.2 cm³/mol. The minimum Gasteiger partial charge on any atom is -0.387 e. The molecule has 24 heavy (non-hydrogen) atoms. The highest BCUT2D eigenvalue weighted by Gasteiger charge is 2.12. The second-order valence-electron chi connectivity index (χ2n) is 5.66. The van der Waals surface area contributed by atoms with Crippen LogP contribution in [0.4, 0.5) is 0 Å². The van der Waals surface area contributed by atoms with Crippen LogP contribution in [0, 0.1) is 6.92 Å². The number of aliphatic hydroxyl groups excluding tert-OH is 1. The number of aryl methyl sites for hydroxylation is 1. The molecule has 1 aromatic heterocycles. The Labute approximate surface area is 143 Å². The van der Waals surface area contributed by atoms with Gasteiger partial charge < -0.3 is 10.4 Å². The van der Waals surface area contributed by atoms with Crippen molar-refractivity contribution in [2.75, 3.05) is 6.54 Å². The topological polar surface area (TPSA) is 71.3 Å². The van der Waals surface area contributed by atoms with E-state index in [4.69, 9.17) is 0 Å². The Morgan fingerprint density at radius 1 is 1.25 bits per heavy atom. The van der Waals surface area contributed by atoms with E-state index in [-0.39, 0.29) is 23.9 Å². The monoisotopic (exact) mass is 342 g/mol. The largest absolute Gasteiger partial charge is 0.387 e. The van der Waals surface area contributed by atoms with Crippen LogP contribution in [0.2, 0.25) is 0 Å². The van der Waals surface area contributed by atoms with Gasteiger partial charge in [-0.25, -0.2) is 0 Å². The lowest BCUT2D eigenvalue weighted by atomic mass is 10.0. The maximum Gasteiger partial charge on any atom is 0.307 e. The fraction of sp³-hybridized carbons (Fsp3) is 0.222. The third kappa shape index (κ3) is 3.55. The number of nitrogens with one attached hydrogen (secondary N) is 1. The fourth-order valence-corrected chi connectivity index (χ4v) is 3.27. The molecule has 0 saturated carbocycles. The average molecular weight is 342 g/mol. The van der Waals surface area contributed by atoms with Gasteiger partial charge in [-0.15, -0.1) is 0 Å². The van der Waals surface area contributed by atoms with E-state index < -0.39 is 6.10 Å². The van der Waals surface area contributed by atoms with Crippen LogP contribution in [0.3, 0.4) is 0 Å². The van der Waals surface area contributed by atoms with Gasteiger partial charge in [-0.05, 0) is 29.3 Å². The highest BCUT2D eigenvalue weighted by molar-refractivity contribution is 7.07. The van der Waals surface area contributed by atoms with Crippen molar-refractivity contribution < 1.29 is 9.90 Å².